The smallest absolute Gasteiger partial charge is 0.303 e. The van der Waals surface area contributed by atoms with E-state index in [1.165, 1.54) is 12.5 Å². The predicted molar refractivity (Wildman–Crippen MR) is 147 cm³/mol. The lowest BCUT2D eigenvalue weighted by molar-refractivity contribution is -0.139. The zero-order valence-electron chi connectivity index (χ0n) is 23.9. The minimum atomic E-state index is -0.823. The molecule has 5 aliphatic rings. The summed E-state index contributed by atoms with van der Waals surface area (Å²) in [7, 11) is 3.70. The van der Waals surface area contributed by atoms with Crippen molar-refractivity contribution in [3.8, 4) is 0 Å². The molecule has 0 aromatic carbocycles. The van der Waals surface area contributed by atoms with Gasteiger partial charge < -0.3 is 29.5 Å². The molecule has 3 fully saturated rings. The summed E-state index contributed by atoms with van der Waals surface area (Å²) in [4.78, 5) is 22.2. The van der Waals surface area contributed by atoms with Crippen molar-refractivity contribution in [2.75, 3.05) is 33.9 Å². The minimum absolute atomic E-state index is 0.0322. The molecular formula is C29H42N4O6. The molecule has 1 aliphatic heterocycles. The Kier molecular flexibility index (Phi) is 7.16. The number of carbonyl (C=O) groups is 1. The molecule has 2 N–H and O–H groups in total. The molecule has 39 heavy (non-hydrogen) atoms. The third kappa shape index (κ3) is 4.30. The van der Waals surface area contributed by atoms with E-state index in [-0.39, 0.29) is 55.1 Å². The maximum Gasteiger partial charge on any atom is 0.303 e. The molecule has 8 atom stereocenters. The summed E-state index contributed by atoms with van der Waals surface area (Å²) in [6.45, 7) is 7.84. The fourth-order valence-electron chi connectivity index (χ4n) is 8.56. The number of allylic oxidation sites excluding steroid dienone is 4. The van der Waals surface area contributed by atoms with Crippen LogP contribution in [0, 0.1) is 28.6 Å². The number of esters is 1. The fraction of sp³-hybridized carbons (Fsp3) is 0.724. The van der Waals surface area contributed by atoms with Crippen LogP contribution >= 0.6 is 0 Å². The number of rotatable bonds is 7. The normalized spacial score (nSPS) is 41.5. The van der Waals surface area contributed by atoms with Gasteiger partial charge in [0.25, 0.3) is 0 Å². The van der Waals surface area contributed by atoms with Crippen LogP contribution in [0.4, 0.5) is 0 Å². The summed E-state index contributed by atoms with van der Waals surface area (Å²) in [5, 5.41) is 31.7. The second kappa shape index (κ2) is 10.0. The van der Waals surface area contributed by atoms with Crippen molar-refractivity contribution in [1.82, 2.24) is 5.01 Å². The summed E-state index contributed by atoms with van der Waals surface area (Å²) in [5.74, 6) is 0.774. The Balaban J connectivity index is 1.53. The summed E-state index contributed by atoms with van der Waals surface area (Å²) in [5.41, 5.74) is 1.09. The van der Waals surface area contributed by atoms with Crippen LogP contribution in [0.15, 0.2) is 39.1 Å². The molecule has 0 radical (unpaired) electrons. The Labute approximate surface area is 230 Å². The van der Waals surface area contributed by atoms with Crippen molar-refractivity contribution in [3.05, 3.63) is 23.8 Å². The lowest BCUT2D eigenvalue weighted by Crippen LogP contribution is -2.62. The van der Waals surface area contributed by atoms with E-state index in [0.717, 1.165) is 25.0 Å². The van der Waals surface area contributed by atoms with E-state index in [1.54, 1.807) is 5.01 Å². The average Bonchev–Trinajstić information content (AvgIpc) is 3.31. The van der Waals surface area contributed by atoms with Crippen LogP contribution in [-0.4, -0.2) is 90.2 Å². The van der Waals surface area contributed by atoms with Gasteiger partial charge in [0.2, 0.25) is 0 Å². The number of hydrogen-bond acceptors (Lipinski definition) is 10. The maximum absolute atomic E-state index is 12.0. The standard InChI is InChI=1S/C29H42N4O6/c1-17-30-29(24(31-33(5)6)16-37-18(2)35)25(39-17)14-22-21-8-7-19-13-20(32-38-12-11-34)9-10-27(19,3)26(21)23(36)15-28(22,29)4/h9-10,13,21-23,25-26,34,36H,7-8,11-12,14-16H2,1-6H3/t21-,22-,23-,25+,26+,27-,28-,29+/m0/s1. The molecule has 10 heteroatoms. The highest BCUT2D eigenvalue weighted by atomic mass is 16.6. The van der Waals surface area contributed by atoms with Crippen LogP contribution in [0.25, 0.3) is 0 Å². The van der Waals surface area contributed by atoms with E-state index in [9.17, 15) is 9.90 Å². The average molecular weight is 543 g/mol. The van der Waals surface area contributed by atoms with E-state index >= 15 is 0 Å². The summed E-state index contributed by atoms with van der Waals surface area (Å²) in [6.07, 6.45) is 8.60. The SMILES string of the molecule is CC(=O)OCC(=NN(C)C)[C@@]12N=C(C)O[C@@H]1C[C@H]1[C@@H]3CCC4=CC(=NOCCO)C=C[C@]4(C)[C@H]3[C@@H](O)C[C@@]12C. The first-order valence-electron chi connectivity index (χ1n) is 14.0. The van der Waals surface area contributed by atoms with Crippen LogP contribution < -0.4 is 0 Å². The van der Waals surface area contributed by atoms with Crippen molar-refractivity contribution in [2.24, 2.45) is 43.8 Å². The summed E-state index contributed by atoms with van der Waals surface area (Å²) >= 11 is 0. The Bertz CT molecular complexity index is 1160. The molecule has 0 unspecified atom stereocenters. The zero-order valence-corrected chi connectivity index (χ0v) is 23.9. The van der Waals surface area contributed by atoms with Crippen molar-refractivity contribution in [3.63, 3.8) is 0 Å². The van der Waals surface area contributed by atoms with E-state index in [1.807, 2.05) is 27.1 Å². The van der Waals surface area contributed by atoms with Gasteiger partial charge in [-0.05, 0) is 49.7 Å². The van der Waals surface area contributed by atoms with Crippen LogP contribution in [0.2, 0.25) is 0 Å². The Morgan fingerprint density at radius 3 is 2.79 bits per heavy atom. The molecule has 4 aliphatic carbocycles. The number of oxime groups is 1. The van der Waals surface area contributed by atoms with Gasteiger partial charge >= 0.3 is 5.97 Å². The summed E-state index contributed by atoms with van der Waals surface area (Å²) < 4.78 is 11.9. The monoisotopic (exact) mass is 542 g/mol. The van der Waals surface area contributed by atoms with Crippen LogP contribution in [0.3, 0.4) is 0 Å². The number of aliphatic hydroxyl groups excluding tert-OH is 2. The third-order valence-corrected chi connectivity index (χ3v) is 9.87. The number of nitrogens with zero attached hydrogens (tertiary/aromatic N) is 4. The number of aliphatic imine (C=N–C) groups is 1. The number of fused-ring (bicyclic) bond motifs is 7. The van der Waals surface area contributed by atoms with Crippen molar-refractivity contribution in [1.29, 1.82) is 0 Å². The molecule has 3 saturated carbocycles. The lowest BCUT2D eigenvalue weighted by Gasteiger charge is -2.59. The number of carbonyl (C=O) groups excluding carboxylic acids is 1. The third-order valence-electron chi connectivity index (χ3n) is 9.87. The quantitative estimate of drug-likeness (QED) is 0.219. The van der Waals surface area contributed by atoms with E-state index in [4.69, 9.17) is 29.5 Å². The van der Waals surface area contributed by atoms with E-state index in [0.29, 0.717) is 18.0 Å². The predicted octanol–water partition coefficient (Wildman–Crippen LogP) is 2.71. The van der Waals surface area contributed by atoms with Gasteiger partial charge in [0.1, 0.15) is 36.3 Å². The lowest BCUT2D eigenvalue weighted by atomic mass is 9.46. The van der Waals surface area contributed by atoms with Crippen LogP contribution in [0.1, 0.15) is 53.4 Å². The molecule has 5 rings (SSSR count). The highest BCUT2D eigenvalue weighted by Crippen LogP contribution is 2.69. The van der Waals surface area contributed by atoms with Crippen molar-refractivity contribution < 1.29 is 29.3 Å². The highest BCUT2D eigenvalue weighted by molar-refractivity contribution is 6.05. The molecule has 0 aromatic rings. The fourth-order valence-corrected chi connectivity index (χ4v) is 8.56. The molecule has 0 aromatic heterocycles. The zero-order chi connectivity index (χ0) is 28.2. The molecule has 214 valence electrons. The van der Waals surface area contributed by atoms with Crippen LogP contribution in [0.5, 0.6) is 0 Å². The maximum atomic E-state index is 12.0. The molecule has 1 heterocycles. The molecule has 0 amide bonds. The Morgan fingerprint density at radius 2 is 2.10 bits per heavy atom. The van der Waals surface area contributed by atoms with Gasteiger partial charge in [0.05, 0.1) is 12.7 Å². The molecule has 0 saturated heterocycles. The molecular weight excluding hydrogens is 500 g/mol. The first kappa shape index (κ1) is 27.8. The Morgan fingerprint density at radius 1 is 1.33 bits per heavy atom. The highest BCUT2D eigenvalue weighted by Gasteiger charge is 2.74. The number of aliphatic hydroxyl groups is 2. The van der Waals surface area contributed by atoms with Gasteiger partial charge in [-0.15, -0.1) is 0 Å². The molecule has 0 spiro atoms. The molecule has 10 nitrogen and oxygen atoms in total. The van der Waals surface area contributed by atoms with Crippen molar-refractivity contribution >= 4 is 23.3 Å². The topological polar surface area (TPSA) is 126 Å². The van der Waals surface area contributed by atoms with Crippen molar-refractivity contribution in [2.45, 2.75) is 71.1 Å². The van der Waals surface area contributed by atoms with Gasteiger partial charge in [0, 0.05) is 44.7 Å². The second-order valence-corrected chi connectivity index (χ2v) is 12.3. The van der Waals surface area contributed by atoms with Gasteiger partial charge in [-0.3, -0.25) is 4.79 Å². The van der Waals surface area contributed by atoms with Gasteiger partial charge in [-0.25, -0.2) is 4.99 Å². The first-order valence-corrected chi connectivity index (χ1v) is 14.0. The molecule has 0 bridgehead atoms. The van der Waals surface area contributed by atoms with E-state index < -0.39 is 17.1 Å². The number of hydrazone groups is 1. The summed E-state index contributed by atoms with van der Waals surface area (Å²) in [6, 6.07) is 0. The number of hydrogen-bond donors (Lipinski definition) is 2. The minimum Gasteiger partial charge on any atom is -0.475 e. The second-order valence-electron chi connectivity index (χ2n) is 12.3. The van der Waals surface area contributed by atoms with Gasteiger partial charge in [-0.2, -0.15) is 5.10 Å². The Hall–Kier alpha value is -2.72. The largest absolute Gasteiger partial charge is 0.475 e. The van der Waals surface area contributed by atoms with E-state index in [2.05, 4.69) is 31.2 Å². The van der Waals surface area contributed by atoms with Gasteiger partial charge in [0.15, 0.2) is 5.90 Å². The first-order chi connectivity index (χ1) is 18.5. The van der Waals surface area contributed by atoms with Crippen LogP contribution in [-0.2, 0) is 19.1 Å². The van der Waals surface area contributed by atoms with Gasteiger partial charge in [-0.1, -0.05) is 30.7 Å². The number of ether oxygens (including phenoxy) is 2.